The predicted molar refractivity (Wildman–Crippen MR) is 58.1 cm³/mol. The van der Waals surface area contributed by atoms with E-state index in [-0.39, 0.29) is 0 Å². The molecule has 70 valence electrons. The van der Waals surface area contributed by atoms with Crippen LogP contribution in [0.4, 0.5) is 0 Å². The molecule has 0 amide bonds. The van der Waals surface area contributed by atoms with Crippen molar-refractivity contribution in [2.45, 2.75) is 6.04 Å². The van der Waals surface area contributed by atoms with E-state index >= 15 is 0 Å². The van der Waals surface area contributed by atoms with Crippen molar-refractivity contribution in [2.24, 2.45) is 5.73 Å². The monoisotopic (exact) mass is 291 g/mol. The van der Waals surface area contributed by atoms with Gasteiger partial charge >= 0.3 is 5.97 Å². The molecular formula is C9H10INO2. The van der Waals surface area contributed by atoms with Crippen LogP contribution in [0.3, 0.4) is 0 Å². The molecule has 2 N–H and O–H groups in total. The van der Waals surface area contributed by atoms with Crippen LogP contribution in [0.15, 0.2) is 24.3 Å². The van der Waals surface area contributed by atoms with Crippen LogP contribution in [-0.2, 0) is 9.53 Å². The van der Waals surface area contributed by atoms with E-state index in [4.69, 9.17) is 5.73 Å². The van der Waals surface area contributed by atoms with Crippen molar-refractivity contribution < 1.29 is 9.53 Å². The van der Waals surface area contributed by atoms with E-state index < -0.39 is 12.0 Å². The van der Waals surface area contributed by atoms with Crippen molar-refractivity contribution in [1.82, 2.24) is 0 Å². The summed E-state index contributed by atoms with van der Waals surface area (Å²) in [6.45, 7) is 0. The summed E-state index contributed by atoms with van der Waals surface area (Å²) < 4.78 is 5.59. The molecule has 0 saturated carbocycles. The van der Waals surface area contributed by atoms with Crippen molar-refractivity contribution in [1.29, 1.82) is 0 Å². The van der Waals surface area contributed by atoms with E-state index in [2.05, 4.69) is 27.3 Å². The Kier molecular flexibility index (Phi) is 3.68. The molecule has 0 unspecified atom stereocenters. The molecule has 0 radical (unpaired) electrons. The fraction of sp³-hybridized carbons (Fsp3) is 0.222. The van der Waals surface area contributed by atoms with Gasteiger partial charge in [0.15, 0.2) is 0 Å². The fourth-order valence-electron chi connectivity index (χ4n) is 0.963. The maximum Gasteiger partial charge on any atom is 0.327 e. The maximum absolute atomic E-state index is 11.1. The molecule has 0 heterocycles. The zero-order valence-corrected chi connectivity index (χ0v) is 9.32. The van der Waals surface area contributed by atoms with E-state index in [1.807, 2.05) is 24.3 Å². The minimum Gasteiger partial charge on any atom is -0.468 e. The average Bonchev–Trinajstić information content (AvgIpc) is 2.15. The van der Waals surface area contributed by atoms with Gasteiger partial charge in [-0.3, -0.25) is 4.79 Å². The van der Waals surface area contributed by atoms with Crippen LogP contribution in [-0.4, -0.2) is 13.1 Å². The Bertz CT molecular complexity index is 314. The number of rotatable bonds is 2. The second-order valence-electron chi connectivity index (χ2n) is 2.56. The van der Waals surface area contributed by atoms with Crippen LogP contribution in [0.1, 0.15) is 11.6 Å². The summed E-state index contributed by atoms with van der Waals surface area (Å²) in [5.74, 6) is -0.415. The van der Waals surface area contributed by atoms with Crippen molar-refractivity contribution in [2.75, 3.05) is 7.11 Å². The lowest BCUT2D eigenvalue weighted by Crippen LogP contribution is -2.22. The van der Waals surface area contributed by atoms with Gasteiger partial charge in [-0.1, -0.05) is 12.1 Å². The van der Waals surface area contributed by atoms with Crippen LogP contribution >= 0.6 is 22.6 Å². The number of hydrogen-bond acceptors (Lipinski definition) is 3. The topological polar surface area (TPSA) is 52.3 Å². The Balaban J connectivity index is 2.88. The number of methoxy groups -OCH3 is 1. The van der Waals surface area contributed by atoms with Crippen molar-refractivity contribution in [3.63, 3.8) is 0 Å². The van der Waals surface area contributed by atoms with Crippen LogP contribution in [0.25, 0.3) is 0 Å². The smallest absolute Gasteiger partial charge is 0.327 e. The summed E-state index contributed by atoms with van der Waals surface area (Å²) in [5, 5.41) is 0. The molecule has 0 bridgehead atoms. The minimum absolute atomic E-state index is 0.415. The van der Waals surface area contributed by atoms with Gasteiger partial charge in [0.2, 0.25) is 0 Å². The lowest BCUT2D eigenvalue weighted by atomic mass is 10.1. The van der Waals surface area contributed by atoms with Gasteiger partial charge < -0.3 is 10.5 Å². The van der Waals surface area contributed by atoms with Crippen LogP contribution in [0.2, 0.25) is 0 Å². The van der Waals surface area contributed by atoms with E-state index in [1.54, 1.807) is 0 Å². The van der Waals surface area contributed by atoms with Gasteiger partial charge in [-0.2, -0.15) is 0 Å². The molecule has 1 aromatic rings. The lowest BCUT2D eigenvalue weighted by molar-refractivity contribution is -0.142. The van der Waals surface area contributed by atoms with Gasteiger partial charge in [-0.25, -0.2) is 0 Å². The van der Waals surface area contributed by atoms with E-state index in [0.29, 0.717) is 0 Å². The van der Waals surface area contributed by atoms with Crippen LogP contribution in [0, 0.1) is 3.57 Å². The molecule has 0 aromatic heterocycles. The zero-order chi connectivity index (χ0) is 9.84. The number of halogens is 1. The number of benzene rings is 1. The van der Waals surface area contributed by atoms with Crippen molar-refractivity contribution >= 4 is 28.6 Å². The summed E-state index contributed by atoms with van der Waals surface area (Å²) in [7, 11) is 1.33. The Morgan fingerprint density at radius 1 is 1.62 bits per heavy atom. The van der Waals surface area contributed by atoms with Gasteiger partial charge in [-0.05, 0) is 40.3 Å². The summed E-state index contributed by atoms with van der Waals surface area (Å²) in [4.78, 5) is 11.1. The maximum atomic E-state index is 11.1. The van der Waals surface area contributed by atoms with Crippen molar-refractivity contribution in [3.8, 4) is 0 Å². The number of nitrogens with two attached hydrogens (primary N) is 1. The first-order valence-corrected chi connectivity index (χ1v) is 4.82. The molecule has 0 aliphatic heterocycles. The van der Waals surface area contributed by atoms with Gasteiger partial charge in [0.25, 0.3) is 0 Å². The molecule has 0 saturated heterocycles. The molecule has 0 spiro atoms. The number of esters is 1. The summed E-state index contributed by atoms with van der Waals surface area (Å²) >= 11 is 2.17. The van der Waals surface area contributed by atoms with E-state index in [0.717, 1.165) is 9.13 Å². The fourth-order valence-corrected chi connectivity index (χ4v) is 1.53. The highest BCUT2D eigenvalue weighted by Gasteiger charge is 2.15. The molecular weight excluding hydrogens is 281 g/mol. The quantitative estimate of drug-likeness (QED) is 0.663. The molecule has 0 fully saturated rings. The molecule has 13 heavy (non-hydrogen) atoms. The highest BCUT2D eigenvalue weighted by atomic mass is 127. The van der Waals surface area contributed by atoms with Gasteiger partial charge in [0.1, 0.15) is 6.04 Å². The summed E-state index contributed by atoms with van der Waals surface area (Å²) in [6, 6.07) is 6.79. The summed E-state index contributed by atoms with van der Waals surface area (Å²) in [6.07, 6.45) is 0. The second-order valence-corrected chi connectivity index (χ2v) is 3.80. The molecule has 0 aliphatic carbocycles. The van der Waals surface area contributed by atoms with Gasteiger partial charge in [0.05, 0.1) is 7.11 Å². The van der Waals surface area contributed by atoms with E-state index in [9.17, 15) is 4.79 Å². The Labute approximate surface area is 90.4 Å². The average molecular weight is 291 g/mol. The highest BCUT2D eigenvalue weighted by molar-refractivity contribution is 14.1. The Hall–Kier alpha value is -0.620. The number of ether oxygens (including phenoxy) is 1. The first-order valence-electron chi connectivity index (χ1n) is 3.74. The van der Waals surface area contributed by atoms with Gasteiger partial charge in [0, 0.05) is 3.57 Å². The lowest BCUT2D eigenvalue weighted by Gasteiger charge is -2.09. The molecule has 1 atom stereocenters. The molecule has 1 rings (SSSR count). The third kappa shape index (κ3) is 2.67. The van der Waals surface area contributed by atoms with Gasteiger partial charge in [-0.15, -0.1) is 0 Å². The third-order valence-electron chi connectivity index (χ3n) is 1.66. The minimum atomic E-state index is -0.681. The number of carbonyl (C=O) groups is 1. The molecule has 1 aromatic carbocycles. The molecule has 4 heteroatoms. The first-order chi connectivity index (χ1) is 6.15. The normalized spacial score (nSPS) is 12.2. The zero-order valence-electron chi connectivity index (χ0n) is 7.16. The largest absolute Gasteiger partial charge is 0.468 e. The molecule has 3 nitrogen and oxygen atoms in total. The molecule has 0 aliphatic rings. The van der Waals surface area contributed by atoms with Crippen LogP contribution < -0.4 is 5.73 Å². The van der Waals surface area contributed by atoms with E-state index in [1.165, 1.54) is 7.11 Å². The third-order valence-corrected chi connectivity index (χ3v) is 2.33. The highest BCUT2D eigenvalue weighted by Crippen LogP contribution is 2.14. The summed E-state index contributed by atoms with van der Waals surface area (Å²) in [5.41, 5.74) is 6.42. The predicted octanol–water partition coefficient (Wildman–Crippen LogP) is 1.46. The SMILES string of the molecule is COC(=O)[C@@H](N)c1cccc(I)c1. The first kappa shape index (κ1) is 10.5. The standard InChI is InChI=1S/C9H10INO2/c1-13-9(12)8(11)6-3-2-4-7(10)5-6/h2-5,8H,11H2,1H3/t8-/m0/s1. The van der Waals surface area contributed by atoms with Crippen molar-refractivity contribution in [3.05, 3.63) is 33.4 Å². The Morgan fingerprint density at radius 3 is 2.85 bits per heavy atom. The number of hydrogen-bond donors (Lipinski definition) is 1. The Morgan fingerprint density at radius 2 is 2.31 bits per heavy atom. The number of carbonyl (C=O) groups excluding carboxylic acids is 1. The second kappa shape index (κ2) is 4.57. The van der Waals surface area contributed by atoms with Crippen LogP contribution in [0.5, 0.6) is 0 Å².